The van der Waals surface area contributed by atoms with E-state index in [0.717, 1.165) is 27.6 Å². The zero-order valence-corrected chi connectivity index (χ0v) is 23.3. The molecule has 0 unspecified atom stereocenters. The Labute approximate surface area is 246 Å². The number of aromatic nitrogens is 2. The van der Waals surface area contributed by atoms with Crippen LogP contribution in [-0.4, -0.2) is 33.6 Å². The van der Waals surface area contributed by atoms with Crippen molar-refractivity contribution in [2.24, 2.45) is 0 Å². The third-order valence-corrected chi connectivity index (χ3v) is 7.50. The minimum absolute atomic E-state index is 0.0405. The second-order valence-corrected chi connectivity index (χ2v) is 10.4. The molecule has 2 aromatic heterocycles. The summed E-state index contributed by atoms with van der Waals surface area (Å²) in [6, 6.07) is 28.8. The molecule has 0 spiro atoms. The summed E-state index contributed by atoms with van der Waals surface area (Å²) in [5, 5.41) is 7.00. The van der Waals surface area contributed by atoms with Gasteiger partial charge in [-0.3, -0.25) is 19.2 Å². The molecule has 6 aromatic rings. The number of pyridine rings is 1. The van der Waals surface area contributed by atoms with Crippen LogP contribution in [-0.2, 0) is 11.2 Å². The van der Waals surface area contributed by atoms with Crippen molar-refractivity contribution in [3.8, 4) is 11.1 Å². The van der Waals surface area contributed by atoms with Crippen molar-refractivity contribution in [3.05, 3.63) is 136 Å². The van der Waals surface area contributed by atoms with Gasteiger partial charge in [-0.2, -0.15) is 0 Å². The average Bonchev–Trinajstić information content (AvgIpc) is 3.44. The predicted molar refractivity (Wildman–Crippen MR) is 168 cm³/mol. The van der Waals surface area contributed by atoms with Crippen LogP contribution in [0.25, 0.3) is 32.9 Å². The molecule has 8 heteroatoms. The summed E-state index contributed by atoms with van der Waals surface area (Å²) in [5.41, 5.74) is 4.76. The fourth-order valence-corrected chi connectivity index (χ4v) is 5.20. The maximum atomic E-state index is 13.7. The van der Waals surface area contributed by atoms with Crippen LogP contribution >= 0.6 is 0 Å². The quantitative estimate of drug-likeness (QED) is 0.172. The Morgan fingerprint density at radius 3 is 2.19 bits per heavy atom. The SMILES string of the molecule is CC(=O)c1c[nH]c2ccc(NC(=O)[C@H](Cc3c[nH]c4ccccc34)NC(=O)c3ccc(-c4ccccc4)cc3)cc2c1=O. The van der Waals surface area contributed by atoms with Crippen molar-refractivity contribution in [1.29, 1.82) is 0 Å². The molecule has 1 atom stereocenters. The van der Waals surface area contributed by atoms with Gasteiger partial charge in [-0.25, -0.2) is 0 Å². The van der Waals surface area contributed by atoms with Crippen LogP contribution in [0.15, 0.2) is 114 Å². The summed E-state index contributed by atoms with van der Waals surface area (Å²) in [7, 11) is 0. The van der Waals surface area contributed by atoms with Gasteiger partial charge >= 0.3 is 0 Å². The molecule has 2 heterocycles. The Morgan fingerprint density at radius 2 is 1.42 bits per heavy atom. The Balaban J connectivity index is 1.28. The number of aromatic amines is 2. The molecule has 0 saturated carbocycles. The second kappa shape index (κ2) is 11.6. The molecular formula is C35H28N4O4. The highest BCUT2D eigenvalue weighted by atomic mass is 16.2. The number of ketones is 1. The van der Waals surface area contributed by atoms with Gasteiger partial charge in [0.1, 0.15) is 6.04 Å². The van der Waals surface area contributed by atoms with Crippen molar-refractivity contribution in [3.63, 3.8) is 0 Å². The van der Waals surface area contributed by atoms with E-state index in [-0.39, 0.29) is 29.1 Å². The summed E-state index contributed by atoms with van der Waals surface area (Å²) < 4.78 is 0. The van der Waals surface area contributed by atoms with E-state index < -0.39 is 17.4 Å². The Hall–Kier alpha value is -5.76. The molecule has 2 amide bonds. The number of nitrogens with one attached hydrogen (secondary N) is 4. The van der Waals surface area contributed by atoms with Crippen LogP contribution in [0.2, 0.25) is 0 Å². The number of anilines is 1. The number of hydrogen-bond acceptors (Lipinski definition) is 4. The lowest BCUT2D eigenvalue weighted by atomic mass is 10.0. The number of para-hydroxylation sites is 1. The molecule has 212 valence electrons. The summed E-state index contributed by atoms with van der Waals surface area (Å²) in [6.07, 6.45) is 3.46. The maximum Gasteiger partial charge on any atom is 0.251 e. The number of carbonyl (C=O) groups excluding carboxylic acids is 3. The number of amides is 2. The van der Waals surface area contributed by atoms with E-state index in [4.69, 9.17) is 0 Å². The number of hydrogen-bond donors (Lipinski definition) is 4. The van der Waals surface area contributed by atoms with Gasteiger partial charge in [0.2, 0.25) is 5.91 Å². The first-order valence-electron chi connectivity index (χ1n) is 13.9. The van der Waals surface area contributed by atoms with E-state index >= 15 is 0 Å². The third-order valence-electron chi connectivity index (χ3n) is 7.50. The molecule has 6 rings (SSSR count). The normalized spacial score (nSPS) is 11.7. The minimum Gasteiger partial charge on any atom is -0.361 e. The van der Waals surface area contributed by atoms with Gasteiger partial charge in [-0.15, -0.1) is 0 Å². The molecule has 0 saturated heterocycles. The van der Waals surface area contributed by atoms with E-state index in [1.165, 1.54) is 19.2 Å². The highest BCUT2D eigenvalue weighted by Crippen LogP contribution is 2.22. The average molecular weight is 569 g/mol. The smallest absolute Gasteiger partial charge is 0.251 e. The summed E-state index contributed by atoms with van der Waals surface area (Å²) in [6.45, 7) is 1.33. The maximum absolute atomic E-state index is 13.7. The zero-order chi connectivity index (χ0) is 29.9. The first-order valence-corrected chi connectivity index (χ1v) is 13.9. The highest BCUT2D eigenvalue weighted by Gasteiger charge is 2.24. The van der Waals surface area contributed by atoms with Crippen LogP contribution in [0.3, 0.4) is 0 Å². The fraction of sp³-hybridized carbons (Fsp3) is 0.0857. The lowest BCUT2D eigenvalue weighted by molar-refractivity contribution is -0.118. The van der Waals surface area contributed by atoms with Crippen LogP contribution in [0.4, 0.5) is 5.69 Å². The summed E-state index contributed by atoms with van der Waals surface area (Å²) in [4.78, 5) is 58.0. The zero-order valence-electron chi connectivity index (χ0n) is 23.3. The molecule has 0 aliphatic carbocycles. The second-order valence-electron chi connectivity index (χ2n) is 10.4. The molecule has 0 aliphatic rings. The number of benzene rings is 4. The Morgan fingerprint density at radius 1 is 0.744 bits per heavy atom. The molecule has 8 nitrogen and oxygen atoms in total. The highest BCUT2D eigenvalue weighted by molar-refractivity contribution is 6.03. The molecule has 43 heavy (non-hydrogen) atoms. The lowest BCUT2D eigenvalue weighted by Gasteiger charge is -2.19. The molecule has 0 bridgehead atoms. The molecule has 0 aliphatic heterocycles. The van der Waals surface area contributed by atoms with E-state index in [1.54, 1.807) is 24.3 Å². The van der Waals surface area contributed by atoms with Crippen LogP contribution in [0.5, 0.6) is 0 Å². The number of fused-ring (bicyclic) bond motifs is 2. The lowest BCUT2D eigenvalue weighted by Crippen LogP contribution is -2.45. The van der Waals surface area contributed by atoms with Gasteiger partial charge in [0.15, 0.2) is 11.2 Å². The van der Waals surface area contributed by atoms with Crippen molar-refractivity contribution in [2.45, 2.75) is 19.4 Å². The third kappa shape index (κ3) is 5.71. The Kier molecular flexibility index (Phi) is 7.41. The van der Waals surface area contributed by atoms with Crippen LogP contribution < -0.4 is 16.1 Å². The first-order chi connectivity index (χ1) is 20.9. The van der Waals surface area contributed by atoms with Gasteiger partial charge in [0.25, 0.3) is 5.91 Å². The van der Waals surface area contributed by atoms with Gasteiger partial charge in [0.05, 0.1) is 5.56 Å². The monoisotopic (exact) mass is 568 g/mol. The van der Waals surface area contributed by atoms with Crippen molar-refractivity contribution >= 4 is 45.1 Å². The number of Topliss-reactive ketones (excluding diaryl/α,β-unsaturated/α-hetero) is 1. The van der Waals surface area contributed by atoms with E-state index in [0.29, 0.717) is 16.8 Å². The van der Waals surface area contributed by atoms with E-state index in [1.807, 2.05) is 72.9 Å². The summed E-state index contributed by atoms with van der Waals surface area (Å²) in [5.74, 6) is -1.19. The number of rotatable bonds is 8. The van der Waals surface area contributed by atoms with Crippen molar-refractivity contribution < 1.29 is 14.4 Å². The van der Waals surface area contributed by atoms with Gasteiger partial charge in [0, 0.05) is 51.9 Å². The molecule has 0 radical (unpaired) electrons. The Bertz CT molecular complexity index is 2040. The largest absolute Gasteiger partial charge is 0.361 e. The number of H-pyrrole nitrogens is 2. The minimum atomic E-state index is -0.932. The van der Waals surface area contributed by atoms with Gasteiger partial charge < -0.3 is 20.6 Å². The molecule has 4 N–H and O–H groups in total. The molecule has 4 aromatic carbocycles. The predicted octanol–water partition coefficient (Wildman–Crippen LogP) is 5.86. The van der Waals surface area contributed by atoms with Crippen molar-refractivity contribution in [2.75, 3.05) is 5.32 Å². The fourth-order valence-electron chi connectivity index (χ4n) is 5.20. The van der Waals surface area contributed by atoms with Crippen LogP contribution in [0.1, 0.15) is 33.2 Å². The molecular weight excluding hydrogens is 540 g/mol. The van der Waals surface area contributed by atoms with Crippen LogP contribution in [0, 0.1) is 0 Å². The van der Waals surface area contributed by atoms with E-state index in [9.17, 15) is 19.2 Å². The topological polar surface area (TPSA) is 124 Å². The first kappa shape index (κ1) is 27.4. The standard InChI is InChI=1S/C35H28N4O4/c1-21(40)29-20-37-31-16-15-26(18-28(31)33(29)41)38-35(43)32(17-25-19-36-30-10-6-5-9-27(25)30)39-34(42)24-13-11-23(12-14-24)22-7-3-2-4-8-22/h2-16,18-20,32,36H,17H2,1H3,(H,37,41)(H,38,43)(H,39,42)/t32-/m0/s1. The summed E-state index contributed by atoms with van der Waals surface area (Å²) >= 11 is 0. The molecule has 0 fully saturated rings. The number of carbonyl (C=O) groups is 3. The van der Waals surface area contributed by atoms with Gasteiger partial charge in [-0.1, -0.05) is 60.7 Å². The van der Waals surface area contributed by atoms with Crippen molar-refractivity contribution in [1.82, 2.24) is 15.3 Å². The van der Waals surface area contributed by atoms with E-state index in [2.05, 4.69) is 20.6 Å². The van der Waals surface area contributed by atoms with Gasteiger partial charge in [-0.05, 0) is 60.0 Å².